The zero-order valence-corrected chi connectivity index (χ0v) is 20.1. The Morgan fingerprint density at radius 3 is 2.60 bits per heavy atom. The Balaban J connectivity index is 1.68. The highest BCUT2D eigenvalue weighted by atomic mass is 16.5. The minimum atomic E-state index is -1.14. The third-order valence-corrected chi connectivity index (χ3v) is 7.59. The number of aliphatic hydroxyl groups excluding tert-OH is 1. The van der Waals surface area contributed by atoms with Gasteiger partial charge in [0.25, 0.3) is 5.91 Å². The number of carbonyl (C=O) groups is 3. The van der Waals surface area contributed by atoms with Gasteiger partial charge in [-0.2, -0.15) is 0 Å². The molecule has 190 valence electrons. The van der Waals surface area contributed by atoms with Crippen LogP contribution in [0.15, 0.2) is 36.9 Å². The predicted octanol–water partition coefficient (Wildman–Crippen LogP) is 2.23. The topological polar surface area (TPSA) is 117 Å². The van der Waals surface area contributed by atoms with Gasteiger partial charge in [-0.1, -0.05) is 18.9 Å². The van der Waals surface area contributed by atoms with Gasteiger partial charge in [0.05, 0.1) is 25.0 Å². The van der Waals surface area contributed by atoms with Crippen LogP contribution in [-0.4, -0.2) is 77.4 Å². The molecule has 1 aromatic rings. The first-order valence-corrected chi connectivity index (χ1v) is 12.3. The quantitative estimate of drug-likeness (QED) is 0.344. The van der Waals surface area contributed by atoms with E-state index in [4.69, 9.17) is 14.6 Å². The number of amides is 2. The van der Waals surface area contributed by atoms with Gasteiger partial charge in [-0.3, -0.25) is 14.4 Å². The monoisotopic (exact) mass is 486 g/mol. The van der Waals surface area contributed by atoms with Crippen LogP contribution in [0.5, 0.6) is 5.75 Å². The lowest BCUT2D eigenvalue weighted by atomic mass is 9.70. The van der Waals surface area contributed by atoms with Crippen molar-refractivity contribution in [1.29, 1.82) is 0 Å². The van der Waals surface area contributed by atoms with Gasteiger partial charge in [0.2, 0.25) is 5.91 Å². The van der Waals surface area contributed by atoms with Crippen LogP contribution in [0.2, 0.25) is 0 Å². The second-order valence-corrected chi connectivity index (χ2v) is 9.50. The molecule has 9 nitrogen and oxygen atoms in total. The number of rotatable bonds is 12. The number of benzene rings is 1. The molecule has 3 aliphatic rings. The summed E-state index contributed by atoms with van der Waals surface area (Å²) in [7, 11) is 1.57. The van der Waals surface area contributed by atoms with Crippen molar-refractivity contribution in [1.82, 2.24) is 4.90 Å². The molecule has 1 aromatic carbocycles. The van der Waals surface area contributed by atoms with Crippen molar-refractivity contribution >= 4 is 23.5 Å². The van der Waals surface area contributed by atoms with E-state index in [0.717, 1.165) is 12.8 Å². The molecule has 5 atom stereocenters. The summed E-state index contributed by atoms with van der Waals surface area (Å²) in [5, 5.41) is 19.0. The number of aliphatic carboxylic acids is 1. The summed E-state index contributed by atoms with van der Waals surface area (Å²) in [5.74, 6) is -2.82. The summed E-state index contributed by atoms with van der Waals surface area (Å²) in [4.78, 5) is 43.1. The van der Waals surface area contributed by atoms with Gasteiger partial charge in [0.1, 0.15) is 17.4 Å². The van der Waals surface area contributed by atoms with E-state index in [1.165, 1.54) is 0 Å². The average Bonchev–Trinajstić information content (AvgIpc) is 3.49. The van der Waals surface area contributed by atoms with Crippen LogP contribution >= 0.6 is 0 Å². The number of likely N-dealkylation sites (tertiary alicyclic amines) is 1. The van der Waals surface area contributed by atoms with Crippen molar-refractivity contribution in [2.75, 3.05) is 31.7 Å². The number of carboxylic acids is 1. The molecule has 2 N–H and O–H groups in total. The lowest BCUT2D eigenvalue weighted by Gasteiger charge is -2.36. The normalized spacial score (nSPS) is 28.7. The second kappa shape index (κ2) is 10.4. The molecule has 2 bridgehead atoms. The van der Waals surface area contributed by atoms with E-state index >= 15 is 0 Å². The number of unbranched alkanes of at least 4 members (excludes halogenated alkanes) is 3. The number of nitrogens with zero attached hydrogens (tertiary/aromatic N) is 2. The molecule has 0 unspecified atom stereocenters. The van der Waals surface area contributed by atoms with Crippen LogP contribution < -0.4 is 9.64 Å². The standard InChI is InChI=1S/C26H34N2O7/c1-3-14-27(17-8-10-18(34-2)11-9-17)24(31)22-26-13-12-19(35-26)20(25(32)33)21(26)23(30)28(22)15-6-4-5-7-16-29/h3,8-11,19-22,29H,1,4-7,12-16H2,2H3,(H,32,33)/t19-,20+,21+,22-,26+/m1/s1. The maximum absolute atomic E-state index is 14.2. The third-order valence-electron chi connectivity index (χ3n) is 7.59. The van der Waals surface area contributed by atoms with E-state index in [1.54, 1.807) is 47.3 Å². The number of carbonyl (C=O) groups excluding carboxylic acids is 2. The van der Waals surface area contributed by atoms with E-state index < -0.39 is 35.6 Å². The highest BCUT2D eigenvalue weighted by Gasteiger charge is 2.74. The van der Waals surface area contributed by atoms with Crippen LogP contribution in [0.25, 0.3) is 0 Å². The molecule has 3 heterocycles. The first kappa shape index (κ1) is 25.2. The van der Waals surface area contributed by atoms with Gasteiger partial charge in [-0.15, -0.1) is 6.58 Å². The Kier molecular flexibility index (Phi) is 7.47. The lowest BCUT2D eigenvalue weighted by Crippen LogP contribution is -2.56. The molecular weight excluding hydrogens is 452 g/mol. The fourth-order valence-electron chi connectivity index (χ4n) is 6.06. The molecule has 4 rings (SSSR count). The minimum absolute atomic E-state index is 0.114. The number of aliphatic hydroxyl groups is 1. The van der Waals surface area contributed by atoms with E-state index in [-0.39, 0.29) is 25.0 Å². The van der Waals surface area contributed by atoms with E-state index in [1.807, 2.05) is 0 Å². The number of carboxylic acid groups (broad SMARTS) is 1. The van der Waals surface area contributed by atoms with Gasteiger partial charge < -0.3 is 29.5 Å². The molecule has 0 saturated carbocycles. The lowest BCUT2D eigenvalue weighted by molar-refractivity contribution is -0.149. The molecule has 0 radical (unpaired) electrons. The molecule has 3 saturated heterocycles. The third kappa shape index (κ3) is 4.31. The molecule has 3 aliphatic heterocycles. The minimum Gasteiger partial charge on any atom is -0.497 e. The zero-order valence-electron chi connectivity index (χ0n) is 20.1. The van der Waals surface area contributed by atoms with E-state index in [9.17, 15) is 19.5 Å². The van der Waals surface area contributed by atoms with Crippen LogP contribution in [0.1, 0.15) is 38.5 Å². The summed E-state index contributed by atoms with van der Waals surface area (Å²) >= 11 is 0. The SMILES string of the molecule is C=CCN(C(=O)[C@H]1N(CCCCCCO)C(=O)[C@@H]2[C@@H](C(=O)O)[C@H]3CC[C@]21O3)c1ccc(OC)cc1. The van der Waals surface area contributed by atoms with Gasteiger partial charge in [0, 0.05) is 25.4 Å². The number of hydrogen-bond acceptors (Lipinski definition) is 6. The van der Waals surface area contributed by atoms with Gasteiger partial charge in [-0.05, 0) is 49.9 Å². The fraction of sp³-hybridized carbons (Fsp3) is 0.577. The smallest absolute Gasteiger partial charge is 0.310 e. The number of methoxy groups -OCH3 is 1. The Labute approximate surface area is 205 Å². The molecule has 0 aliphatic carbocycles. The number of hydrogen-bond donors (Lipinski definition) is 2. The Morgan fingerprint density at radius 2 is 1.97 bits per heavy atom. The van der Waals surface area contributed by atoms with E-state index in [2.05, 4.69) is 6.58 Å². The number of ether oxygens (including phenoxy) is 2. The first-order chi connectivity index (χ1) is 16.9. The number of anilines is 1. The summed E-state index contributed by atoms with van der Waals surface area (Å²) in [6.45, 7) is 4.48. The summed E-state index contributed by atoms with van der Waals surface area (Å²) in [5.41, 5.74) is -0.507. The summed E-state index contributed by atoms with van der Waals surface area (Å²) in [6, 6.07) is 6.17. The van der Waals surface area contributed by atoms with Crippen LogP contribution in [0.3, 0.4) is 0 Å². The molecule has 0 aromatic heterocycles. The second-order valence-electron chi connectivity index (χ2n) is 9.50. The average molecular weight is 487 g/mol. The molecular formula is C26H34N2O7. The van der Waals surface area contributed by atoms with Crippen molar-refractivity contribution < 1.29 is 34.1 Å². The Hall–Kier alpha value is -2.91. The summed E-state index contributed by atoms with van der Waals surface area (Å²) in [6.07, 6.45) is 5.00. The Bertz CT molecular complexity index is 965. The van der Waals surface area contributed by atoms with Crippen LogP contribution in [0, 0.1) is 11.8 Å². The largest absolute Gasteiger partial charge is 0.497 e. The number of fused-ring (bicyclic) bond motifs is 1. The van der Waals surface area contributed by atoms with Crippen LogP contribution in [0.4, 0.5) is 5.69 Å². The van der Waals surface area contributed by atoms with Gasteiger partial charge in [0.15, 0.2) is 0 Å². The van der Waals surface area contributed by atoms with Gasteiger partial charge >= 0.3 is 5.97 Å². The van der Waals surface area contributed by atoms with Crippen molar-refractivity contribution in [2.24, 2.45) is 11.8 Å². The maximum atomic E-state index is 14.2. The molecule has 9 heteroatoms. The van der Waals surface area contributed by atoms with Crippen LogP contribution in [-0.2, 0) is 19.1 Å². The van der Waals surface area contributed by atoms with Crippen molar-refractivity contribution in [2.45, 2.75) is 56.3 Å². The van der Waals surface area contributed by atoms with Crippen molar-refractivity contribution in [3.8, 4) is 5.75 Å². The van der Waals surface area contributed by atoms with Gasteiger partial charge in [-0.25, -0.2) is 0 Å². The van der Waals surface area contributed by atoms with Crippen molar-refractivity contribution in [3.05, 3.63) is 36.9 Å². The highest BCUT2D eigenvalue weighted by molar-refractivity contribution is 6.04. The zero-order chi connectivity index (χ0) is 25.2. The molecule has 2 amide bonds. The van der Waals surface area contributed by atoms with E-state index in [0.29, 0.717) is 43.7 Å². The molecule has 3 fully saturated rings. The predicted molar refractivity (Wildman–Crippen MR) is 128 cm³/mol. The summed E-state index contributed by atoms with van der Waals surface area (Å²) < 4.78 is 11.5. The first-order valence-electron chi connectivity index (χ1n) is 12.3. The Morgan fingerprint density at radius 1 is 1.26 bits per heavy atom. The highest BCUT2D eigenvalue weighted by Crippen LogP contribution is 2.58. The molecule has 1 spiro atoms. The maximum Gasteiger partial charge on any atom is 0.310 e. The fourth-order valence-corrected chi connectivity index (χ4v) is 6.06. The van der Waals surface area contributed by atoms with Crippen molar-refractivity contribution in [3.63, 3.8) is 0 Å². The molecule has 35 heavy (non-hydrogen) atoms.